The van der Waals surface area contributed by atoms with Crippen LogP contribution in [-0.4, -0.2) is 4.03 Å². The van der Waals surface area contributed by atoms with Crippen LogP contribution in [0, 0.1) is 0 Å². The van der Waals surface area contributed by atoms with Crippen LogP contribution in [0.25, 0.3) is 0 Å². The van der Waals surface area contributed by atoms with E-state index in [1.54, 1.807) is 0 Å². The molecule has 0 aromatic heterocycles. The van der Waals surface area contributed by atoms with E-state index in [-0.39, 0.29) is 44.8 Å². The van der Waals surface area contributed by atoms with Crippen molar-refractivity contribution < 1.29 is 71.5 Å². The molecule has 0 aliphatic carbocycles. The van der Waals surface area contributed by atoms with Gasteiger partial charge in [-0.1, -0.05) is 0 Å². The first-order chi connectivity index (χ1) is 1.73. The van der Waals surface area contributed by atoms with E-state index in [1.165, 1.54) is 0 Å². The van der Waals surface area contributed by atoms with E-state index < -0.39 is 15.4 Å². The average Bonchev–Trinajstić information content (AvgIpc) is 0.811. The van der Waals surface area contributed by atoms with E-state index in [0.717, 1.165) is 0 Å². The first-order valence-electron chi connectivity index (χ1n) is 0.565. The molecule has 0 saturated heterocycles. The Kier molecular flexibility index (Phi) is 25.6. The Morgan fingerprint density at radius 1 is 1.17 bits per heavy atom. The van der Waals surface area contributed by atoms with E-state index >= 15 is 0 Å². The summed E-state index contributed by atoms with van der Waals surface area (Å²) >= 11 is -3.69. The third kappa shape index (κ3) is 45.6. The molecule has 6 heteroatoms. The number of rotatable bonds is 0. The predicted octanol–water partition coefficient (Wildman–Crippen LogP) is -0.802. The van der Waals surface area contributed by atoms with Gasteiger partial charge >= 0.3 is 26.8 Å². The molecule has 1 N–H and O–H groups in total. The van der Waals surface area contributed by atoms with Crippen LogP contribution in [0.1, 0.15) is 0 Å². The summed E-state index contributed by atoms with van der Waals surface area (Å²) in [6.45, 7) is 0. The standard InChI is InChI=1S/2Ag.H2O.2O.V/h;;1H2;;;/q;;;;;+1/p-1. The normalized spacial score (nSPS) is 4.17. The molecule has 46 valence electrons. The summed E-state index contributed by atoms with van der Waals surface area (Å²) in [7, 11) is 0. The number of hydrogen-bond donors (Lipinski definition) is 1. The fraction of sp³-hybridized carbons (Fsp3) is 0. The van der Waals surface area contributed by atoms with Gasteiger partial charge < -0.3 is 0 Å². The maximum atomic E-state index is 8.67. The van der Waals surface area contributed by atoms with E-state index in [2.05, 4.69) is 0 Å². The Labute approximate surface area is 70.9 Å². The van der Waals surface area contributed by atoms with Gasteiger partial charge in [0, 0.05) is 44.8 Å². The van der Waals surface area contributed by atoms with Crippen molar-refractivity contribution in [2.75, 3.05) is 0 Å². The van der Waals surface area contributed by atoms with Crippen molar-refractivity contribution in [2.24, 2.45) is 0 Å². The minimum atomic E-state index is -3.69. The summed E-state index contributed by atoms with van der Waals surface area (Å²) in [6, 6.07) is 0. The van der Waals surface area contributed by atoms with Crippen LogP contribution in [0.2, 0.25) is 0 Å². The van der Waals surface area contributed by atoms with Gasteiger partial charge in [-0.05, 0) is 0 Å². The predicted molar refractivity (Wildman–Crippen MR) is 3.59 cm³/mol. The Balaban J connectivity index is -0.0000000450. The van der Waals surface area contributed by atoms with Gasteiger partial charge in [0.25, 0.3) is 0 Å². The van der Waals surface area contributed by atoms with Crippen molar-refractivity contribution >= 4 is 0 Å². The molecule has 0 aromatic rings. The van der Waals surface area contributed by atoms with Gasteiger partial charge in [-0.15, -0.1) is 0 Å². The Hall–Kier alpha value is 1.62. The van der Waals surface area contributed by atoms with Crippen LogP contribution in [0.15, 0.2) is 0 Å². The van der Waals surface area contributed by atoms with Crippen LogP contribution in [0.3, 0.4) is 0 Å². The second-order valence-electron chi connectivity index (χ2n) is 0.238. The molecule has 3 nitrogen and oxygen atoms in total. The van der Waals surface area contributed by atoms with Gasteiger partial charge in [0.1, 0.15) is 0 Å². The minimum absolute atomic E-state index is 0. The summed E-state index contributed by atoms with van der Waals surface area (Å²) in [5.74, 6) is 0. The Morgan fingerprint density at radius 3 is 1.17 bits per heavy atom. The van der Waals surface area contributed by atoms with Gasteiger partial charge in [0.15, 0.2) is 0 Å². The van der Waals surface area contributed by atoms with Crippen LogP contribution >= 0.6 is 0 Å². The zero-order valence-corrected chi connectivity index (χ0v) is 6.68. The molecule has 0 aromatic carbocycles. The van der Waals surface area contributed by atoms with Crippen molar-refractivity contribution in [2.45, 2.75) is 0 Å². The molecule has 0 bridgehead atoms. The van der Waals surface area contributed by atoms with Gasteiger partial charge in [0.05, 0.1) is 0 Å². The molecule has 0 unspecified atom stereocenters. The van der Waals surface area contributed by atoms with Crippen molar-refractivity contribution in [3.63, 3.8) is 0 Å². The molecule has 0 rings (SSSR count). The molecular weight excluding hydrogens is 315 g/mol. The van der Waals surface area contributed by atoms with Gasteiger partial charge in [-0.25, -0.2) is 0 Å². The summed E-state index contributed by atoms with van der Waals surface area (Å²) in [5.41, 5.74) is 0. The first kappa shape index (κ1) is 15.6. The third-order valence-electron chi connectivity index (χ3n) is 0. The molecule has 2 radical (unpaired) electrons. The topological polar surface area (TPSA) is 54.4 Å². The summed E-state index contributed by atoms with van der Waals surface area (Å²) in [4.78, 5) is 0. The van der Waals surface area contributed by atoms with Crippen LogP contribution in [-0.2, 0) is 67.5 Å². The third-order valence-corrected chi connectivity index (χ3v) is 0. The molecule has 0 spiro atoms. The molecule has 6 heavy (non-hydrogen) atoms. The monoisotopic (exact) mass is 314 g/mol. The van der Waals surface area contributed by atoms with Gasteiger partial charge in [0.2, 0.25) is 0 Å². The number of hydrogen-bond acceptors (Lipinski definition) is 2. The zero-order valence-electron chi connectivity index (χ0n) is 2.31. The van der Waals surface area contributed by atoms with Gasteiger partial charge in [-0.2, -0.15) is 0 Å². The second kappa shape index (κ2) is 9.80. The van der Waals surface area contributed by atoms with Crippen LogP contribution in [0.5, 0.6) is 0 Å². The van der Waals surface area contributed by atoms with Crippen molar-refractivity contribution in [1.82, 2.24) is 0 Å². The molecule has 0 atom stereocenters. The van der Waals surface area contributed by atoms with Crippen molar-refractivity contribution in [1.29, 1.82) is 0 Å². The molecule has 0 amide bonds. The molecule has 0 aliphatic heterocycles. The van der Waals surface area contributed by atoms with E-state index in [0.29, 0.717) is 0 Å². The van der Waals surface area contributed by atoms with Crippen molar-refractivity contribution in [3.05, 3.63) is 0 Å². The molecule has 0 heterocycles. The maximum absolute atomic E-state index is 8.67. The van der Waals surface area contributed by atoms with Crippen LogP contribution in [0.4, 0.5) is 0 Å². The fourth-order valence-electron chi connectivity index (χ4n) is 0. The van der Waals surface area contributed by atoms with Crippen molar-refractivity contribution in [3.8, 4) is 0 Å². The average molecular weight is 316 g/mol. The Bertz CT molecular complexity index is 57.2. The van der Waals surface area contributed by atoms with E-state index in [9.17, 15) is 0 Å². The fourth-order valence-corrected chi connectivity index (χ4v) is 0. The first-order valence-corrected chi connectivity index (χ1v) is 2.33. The summed E-state index contributed by atoms with van der Waals surface area (Å²) in [6.07, 6.45) is 0. The molecule has 0 fully saturated rings. The van der Waals surface area contributed by atoms with Gasteiger partial charge in [-0.3, -0.25) is 0 Å². The Morgan fingerprint density at radius 2 is 1.17 bits per heavy atom. The van der Waals surface area contributed by atoms with Crippen LogP contribution < -0.4 is 0 Å². The molecule has 0 saturated carbocycles. The second-order valence-corrected chi connectivity index (χ2v) is 0.981. The summed E-state index contributed by atoms with van der Waals surface area (Å²) in [5, 5.41) is 0. The van der Waals surface area contributed by atoms with E-state index in [1.807, 2.05) is 0 Å². The zero-order chi connectivity index (χ0) is 3.58. The van der Waals surface area contributed by atoms with E-state index in [4.69, 9.17) is 11.4 Å². The summed E-state index contributed by atoms with van der Waals surface area (Å²) < 4.78 is 24.4. The molecular formula is HAg2O3V. The SMILES string of the molecule is [Ag].[Ag].[O]=[V](=[O])[OH]. The quantitative estimate of drug-likeness (QED) is 0.595. The molecule has 0 aliphatic rings.